The molecule has 3 nitrogen and oxygen atoms in total. The zero-order chi connectivity index (χ0) is 14.7. The maximum absolute atomic E-state index is 12.3. The monoisotopic (exact) mass is 321 g/mol. The topological polar surface area (TPSA) is 33.5 Å². The standard InChI is InChI=1S/C16H16ClNO2S/c17-13-5-2-1-4-12(13)15-7-8-18(9-11-21-15)16(19)14-6-3-10-20-14/h1-6,10,15H,7-9,11H2. The number of amides is 1. The normalized spacial score (nSPS) is 19.3. The van der Waals surface area contributed by atoms with Crippen molar-refractivity contribution in [2.75, 3.05) is 18.8 Å². The second kappa shape index (κ2) is 6.58. The predicted octanol–water partition coefficient (Wildman–Crippen LogP) is 4.25. The molecule has 1 aromatic carbocycles. The van der Waals surface area contributed by atoms with Gasteiger partial charge in [0.15, 0.2) is 5.76 Å². The van der Waals surface area contributed by atoms with Crippen molar-refractivity contribution in [3.05, 3.63) is 59.0 Å². The highest BCUT2D eigenvalue weighted by molar-refractivity contribution is 7.99. The molecule has 1 aliphatic heterocycles. The summed E-state index contributed by atoms with van der Waals surface area (Å²) >= 11 is 8.14. The van der Waals surface area contributed by atoms with Crippen LogP contribution in [-0.2, 0) is 0 Å². The number of benzene rings is 1. The molecule has 2 heterocycles. The zero-order valence-corrected chi connectivity index (χ0v) is 13.1. The minimum atomic E-state index is -0.0274. The molecule has 0 saturated carbocycles. The Morgan fingerprint density at radius 2 is 2.10 bits per heavy atom. The van der Waals surface area contributed by atoms with Crippen molar-refractivity contribution >= 4 is 29.3 Å². The van der Waals surface area contributed by atoms with E-state index < -0.39 is 0 Å². The van der Waals surface area contributed by atoms with Crippen molar-refractivity contribution in [3.8, 4) is 0 Å². The third-order valence-corrected chi connectivity index (χ3v) is 5.27. The number of thioether (sulfide) groups is 1. The van der Waals surface area contributed by atoms with Crippen LogP contribution in [0.25, 0.3) is 0 Å². The molecule has 21 heavy (non-hydrogen) atoms. The molecule has 0 bridgehead atoms. The minimum absolute atomic E-state index is 0.0274. The first-order valence-electron chi connectivity index (χ1n) is 6.94. The van der Waals surface area contributed by atoms with Gasteiger partial charge in [-0.1, -0.05) is 29.8 Å². The third-order valence-electron chi connectivity index (χ3n) is 3.61. The fraction of sp³-hybridized carbons (Fsp3) is 0.312. The molecule has 1 aromatic heterocycles. The average Bonchev–Trinajstić information content (AvgIpc) is 2.92. The number of furan rings is 1. The third kappa shape index (κ3) is 3.27. The van der Waals surface area contributed by atoms with Gasteiger partial charge in [-0.3, -0.25) is 4.79 Å². The lowest BCUT2D eigenvalue weighted by molar-refractivity contribution is 0.0734. The van der Waals surface area contributed by atoms with Crippen molar-refractivity contribution in [3.63, 3.8) is 0 Å². The molecule has 0 radical (unpaired) electrons. The highest BCUT2D eigenvalue weighted by atomic mass is 35.5. The average molecular weight is 322 g/mol. The molecule has 3 rings (SSSR count). The lowest BCUT2D eigenvalue weighted by atomic mass is 10.1. The van der Waals surface area contributed by atoms with Crippen LogP contribution in [0.4, 0.5) is 0 Å². The Kier molecular flexibility index (Phi) is 4.56. The van der Waals surface area contributed by atoms with E-state index in [1.54, 1.807) is 12.1 Å². The predicted molar refractivity (Wildman–Crippen MR) is 85.9 cm³/mol. The fourth-order valence-corrected chi connectivity index (χ4v) is 4.11. The summed E-state index contributed by atoms with van der Waals surface area (Å²) in [6.45, 7) is 1.47. The van der Waals surface area contributed by atoms with Crippen LogP contribution in [0.5, 0.6) is 0 Å². The molecule has 0 spiro atoms. The Morgan fingerprint density at radius 1 is 1.24 bits per heavy atom. The zero-order valence-electron chi connectivity index (χ0n) is 11.5. The van der Waals surface area contributed by atoms with Crippen molar-refractivity contribution in [1.29, 1.82) is 0 Å². The lowest BCUT2D eigenvalue weighted by Crippen LogP contribution is -2.32. The molecule has 1 aliphatic rings. The Balaban J connectivity index is 1.70. The number of rotatable bonds is 2. The Bertz CT molecular complexity index is 614. The molecular formula is C16H16ClNO2S. The van der Waals surface area contributed by atoms with Crippen molar-refractivity contribution < 1.29 is 9.21 Å². The highest BCUT2D eigenvalue weighted by Crippen LogP contribution is 2.37. The molecule has 1 fully saturated rings. The van der Waals surface area contributed by atoms with Gasteiger partial charge in [-0.05, 0) is 30.2 Å². The summed E-state index contributed by atoms with van der Waals surface area (Å²) < 4.78 is 5.20. The second-order valence-electron chi connectivity index (χ2n) is 4.94. The largest absolute Gasteiger partial charge is 0.459 e. The Labute approximate surface area is 133 Å². The van der Waals surface area contributed by atoms with Crippen LogP contribution in [0.1, 0.15) is 27.8 Å². The summed E-state index contributed by atoms with van der Waals surface area (Å²) in [6.07, 6.45) is 2.44. The summed E-state index contributed by atoms with van der Waals surface area (Å²) in [6, 6.07) is 11.4. The molecule has 1 saturated heterocycles. The summed E-state index contributed by atoms with van der Waals surface area (Å²) in [5.74, 6) is 1.29. The van der Waals surface area contributed by atoms with Gasteiger partial charge < -0.3 is 9.32 Å². The quantitative estimate of drug-likeness (QED) is 0.829. The van der Waals surface area contributed by atoms with Gasteiger partial charge in [0.2, 0.25) is 0 Å². The van der Waals surface area contributed by atoms with E-state index in [0.29, 0.717) is 11.0 Å². The van der Waals surface area contributed by atoms with Gasteiger partial charge in [-0.2, -0.15) is 11.8 Å². The second-order valence-corrected chi connectivity index (χ2v) is 6.66. The summed E-state index contributed by atoms with van der Waals surface area (Å²) in [5.41, 5.74) is 1.16. The fourth-order valence-electron chi connectivity index (χ4n) is 2.51. The van der Waals surface area contributed by atoms with E-state index in [4.69, 9.17) is 16.0 Å². The van der Waals surface area contributed by atoms with Gasteiger partial charge >= 0.3 is 0 Å². The molecule has 1 unspecified atom stereocenters. The molecule has 0 aliphatic carbocycles. The van der Waals surface area contributed by atoms with E-state index in [9.17, 15) is 4.79 Å². The smallest absolute Gasteiger partial charge is 0.289 e. The molecule has 0 N–H and O–H groups in total. The molecule has 5 heteroatoms. The van der Waals surface area contributed by atoms with E-state index in [1.807, 2.05) is 34.9 Å². The van der Waals surface area contributed by atoms with Crippen LogP contribution in [0.2, 0.25) is 5.02 Å². The van der Waals surface area contributed by atoms with Crippen LogP contribution in [0.15, 0.2) is 47.1 Å². The minimum Gasteiger partial charge on any atom is -0.459 e. The maximum atomic E-state index is 12.3. The van der Waals surface area contributed by atoms with Gasteiger partial charge in [0.1, 0.15) is 0 Å². The number of hydrogen-bond donors (Lipinski definition) is 0. The number of nitrogens with zero attached hydrogens (tertiary/aromatic N) is 1. The Morgan fingerprint density at radius 3 is 2.86 bits per heavy atom. The summed E-state index contributed by atoms with van der Waals surface area (Å²) in [7, 11) is 0. The summed E-state index contributed by atoms with van der Waals surface area (Å²) in [4.78, 5) is 14.2. The number of hydrogen-bond acceptors (Lipinski definition) is 3. The van der Waals surface area contributed by atoms with Gasteiger partial charge in [0.05, 0.1) is 6.26 Å². The molecular weight excluding hydrogens is 306 g/mol. The Hall–Kier alpha value is -1.39. The van der Waals surface area contributed by atoms with Gasteiger partial charge in [0.25, 0.3) is 5.91 Å². The van der Waals surface area contributed by atoms with E-state index in [1.165, 1.54) is 6.26 Å². The molecule has 1 atom stereocenters. The SMILES string of the molecule is O=C(c1ccco1)N1CCSC(c2ccccc2Cl)CC1. The van der Waals surface area contributed by atoms with E-state index in [0.717, 1.165) is 35.8 Å². The van der Waals surface area contributed by atoms with Crippen molar-refractivity contribution in [2.45, 2.75) is 11.7 Å². The van der Waals surface area contributed by atoms with Crippen molar-refractivity contribution in [1.82, 2.24) is 4.90 Å². The lowest BCUT2D eigenvalue weighted by Gasteiger charge is -2.19. The number of halogens is 1. The van der Waals surface area contributed by atoms with E-state index in [2.05, 4.69) is 6.07 Å². The molecule has 1 amide bonds. The first-order chi connectivity index (χ1) is 10.3. The van der Waals surface area contributed by atoms with Crippen LogP contribution in [-0.4, -0.2) is 29.6 Å². The molecule has 110 valence electrons. The highest BCUT2D eigenvalue weighted by Gasteiger charge is 2.24. The van der Waals surface area contributed by atoms with Crippen LogP contribution in [0.3, 0.4) is 0 Å². The van der Waals surface area contributed by atoms with Crippen molar-refractivity contribution in [2.24, 2.45) is 0 Å². The first kappa shape index (κ1) is 14.5. The first-order valence-corrected chi connectivity index (χ1v) is 8.37. The number of carbonyl (C=O) groups is 1. The van der Waals surface area contributed by atoms with Gasteiger partial charge in [0, 0.05) is 29.1 Å². The van der Waals surface area contributed by atoms with Crippen LogP contribution < -0.4 is 0 Å². The summed E-state index contributed by atoms with van der Waals surface area (Å²) in [5, 5.41) is 1.15. The van der Waals surface area contributed by atoms with Gasteiger partial charge in [-0.25, -0.2) is 0 Å². The van der Waals surface area contributed by atoms with Crippen LogP contribution in [0, 0.1) is 0 Å². The van der Waals surface area contributed by atoms with E-state index in [-0.39, 0.29) is 5.91 Å². The maximum Gasteiger partial charge on any atom is 0.289 e. The van der Waals surface area contributed by atoms with Crippen LogP contribution >= 0.6 is 23.4 Å². The van der Waals surface area contributed by atoms with E-state index >= 15 is 0 Å². The number of carbonyl (C=O) groups excluding carboxylic acids is 1. The van der Waals surface area contributed by atoms with Gasteiger partial charge in [-0.15, -0.1) is 0 Å². The molecule has 2 aromatic rings.